The topological polar surface area (TPSA) is 54.9 Å². The van der Waals surface area contributed by atoms with Crippen LogP contribution in [-0.2, 0) is 17.0 Å². The molecule has 0 radical (unpaired) electrons. The Morgan fingerprint density at radius 3 is 2.69 bits per heavy atom. The van der Waals surface area contributed by atoms with Crippen molar-refractivity contribution in [2.24, 2.45) is 0 Å². The van der Waals surface area contributed by atoms with Gasteiger partial charge >= 0.3 is 6.18 Å². The smallest absolute Gasteiger partial charge is 0.359 e. The molecule has 0 bridgehead atoms. The summed E-state index contributed by atoms with van der Waals surface area (Å²) in [6, 6.07) is 0. The molecule has 0 aliphatic carbocycles. The summed E-state index contributed by atoms with van der Waals surface area (Å²) in [7, 11) is -0.939. The molecule has 0 saturated carbocycles. The standard InChI is InChI=1S/C7H10F3N3OS2/c1-2-16(14)4-3-11-6-12-5(13-15-6)7(8,9)10/h2-4H2,1H3,(H,11,12,13). The summed E-state index contributed by atoms with van der Waals surface area (Å²) < 4.78 is 50.5. The molecule has 1 rings (SSSR count). The average molecular weight is 273 g/mol. The highest BCUT2D eigenvalue weighted by Crippen LogP contribution is 2.28. The molecule has 1 aromatic rings. The minimum atomic E-state index is -4.51. The molecule has 0 spiro atoms. The van der Waals surface area contributed by atoms with Crippen molar-refractivity contribution in [3.05, 3.63) is 5.82 Å². The van der Waals surface area contributed by atoms with Crippen molar-refractivity contribution in [3.63, 3.8) is 0 Å². The molecule has 4 nitrogen and oxygen atoms in total. The quantitative estimate of drug-likeness (QED) is 0.888. The van der Waals surface area contributed by atoms with Crippen LogP contribution >= 0.6 is 11.5 Å². The van der Waals surface area contributed by atoms with Gasteiger partial charge in [-0.25, -0.2) is 0 Å². The van der Waals surface area contributed by atoms with Crippen LogP contribution in [0.1, 0.15) is 12.7 Å². The summed E-state index contributed by atoms with van der Waals surface area (Å²) >= 11 is 0.645. The van der Waals surface area contributed by atoms with Crippen molar-refractivity contribution in [3.8, 4) is 0 Å². The van der Waals surface area contributed by atoms with Crippen LogP contribution in [0, 0.1) is 0 Å². The van der Waals surface area contributed by atoms with Crippen molar-refractivity contribution in [1.82, 2.24) is 9.36 Å². The van der Waals surface area contributed by atoms with E-state index in [1.54, 1.807) is 6.92 Å². The molecule has 9 heteroatoms. The second-order valence-electron chi connectivity index (χ2n) is 2.78. The van der Waals surface area contributed by atoms with Gasteiger partial charge in [0.05, 0.1) is 0 Å². The van der Waals surface area contributed by atoms with E-state index in [1.165, 1.54) is 0 Å². The van der Waals surface area contributed by atoms with Crippen molar-refractivity contribution < 1.29 is 17.4 Å². The van der Waals surface area contributed by atoms with Gasteiger partial charge in [0, 0.05) is 40.4 Å². The van der Waals surface area contributed by atoms with E-state index in [0.29, 0.717) is 29.6 Å². The van der Waals surface area contributed by atoms with E-state index in [-0.39, 0.29) is 5.13 Å². The van der Waals surface area contributed by atoms with Crippen LogP contribution in [0.15, 0.2) is 0 Å². The summed E-state index contributed by atoms with van der Waals surface area (Å²) in [5, 5.41) is 2.75. The Labute approximate surface area is 96.9 Å². The Kier molecular flexibility index (Phi) is 4.66. The first-order valence-corrected chi connectivity index (χ1v) is 6.69. The molecule has 0 saturated heterocycles. The number of rotatable bonds is 5. The van der Waals surface area contributed by atoms with Crippen LogP contribution in [0.4, 0.5) is 18.3 Å². The van der Waals surface area contributed by atoms with Gasteiger partial charge in [0.1, 0.15) is 0 Å². The van der Waals surface area contributed by atoms with Crippen LogP contribution < -0.4 is 5.32 Å². The Hall–Kier alpha value is -0.700. The van der Waals surface area contributed by atoms with Gasteiger partial charge in [-0.3, -0.25) is 4.21 Å². The molecule has 1 heterocycles. The highest BCUT2D eigenvalue weighted by Gasteiger charge is 2.36. The molecule has 16 heavy (non-hydrogen) atoms. The normalized spacial score (nSPS) is 13.8. The Morgan fingerprint density at radius 2 is 2.19 bits per heavy atom. The molecule has 0 aromatic carbocycles. The molecule has 0 aliphatic heterocycles. The molecule has 1 unspecified atom stereocenters. The van der Waals surface area contributed by atoms with Gasteiger partial charge in [-0.15, -0.1) is 0 Å². The zero-order valence-electron chi connectivity index (χ0n) is 8.37. The molecule has 0 amide bonds. The van der Waals surface area contributed by atoms with Crippen molar-refractivity contribution in [2.75, 3.05) is 23.4 Å². The summed E-state index contributed by atoms with van der Waals surface area (Å²) in [4.78, 5) is 3.28. The number of nitrogens with zero attached hydrogens (tertiary/aromatic N) is 2. The zero-order valence-corrected chi connectivity index (χ0v) is 10.0. The predicted octanol–water partition coefficient (Wildman–Crippen LogP) is 1.74. The van der Waals surface area contributed by atoms with Crippen LogP contribution in [0.5, 0.6) is 0 Å². The van der Waals surface area contributed by atoms with E-state index in [9.17, 15) is 17.4 Å². The molecular formula is C7H10F3N3OS2. The lowest BCUT2D eigenvalue weighted by Gasteiger charge is -2.01. The maximum Gasteiger partial charge on any atom is 0.452 e. The van der Waals surface area contributed by atoms with Gasteiger partial charge in [0.25, 0.3) is 0 Å². The fourth-order valence-electron chi connectivity index (χ4n) is 0.827. The number of anilines is 1. The lowest BCUT2D eigenvalue weighted by molar-refractivity contribution is -0.144. The number of halogens is 3. The monoisotopic (exact) mass is 273 g/mol. The fourth-order valence-corrected chi connectivity index (χ4v) is 2.06. The van der Waals surface area contributed by atoms with E-state index in [1.807, 2.05) is 0 Å². The summed E-state index contributed by atoms with van der Waals surface area (Å²) in [5.41, 5.74) is 0. The third-order valence-corrected chi connectivity index (χ3v) is 3.58. The highest BCUT2D eigenvalue weighted by molar-refractivity contribution is 7.84. The van der Waals surface area contributed by atoms with E-state index in [2.05, 4.69) is 14.7 Å². The third-order valence-electron chi connectivity index (χ3n) is 1.61. The highest BCUT2D eigenvalue weighted by atomic mass is 32.2. The van der Waals surface area contributed by atoms with Crippen molar-refractivity contribution in [1.29, 1.82) is 0 Å². The molecule has 0 aliphatic rings. The Bertz CT molecular complexity index is 366. The number of alkyl halides is 3. The SMILES string of the molecule is CCS(=O)CCNc1nc(C(F)(F)F)ns1. The first-order chi connectivity index (χ1) is 7.43. The van der Waals surface area contributed by atoms with Crippen LogP contribution in [0.2, 0.25) is 0 Å². The molecule has 1 aromatic heterocycles. The molecule has 0 fully saturated rings. The fraction of sp³-hybridized carbons (Fsp3) is 0.714. The van der Waals surface area contributed by atoms with Crippen LogP contribution in [0.25, 0.3) is 0 Å². The zero-order chi connectivity index (χ0) is 12.2. The summed E-state index contributed by atoms with van der Waals surface area (Å²) in [6.07, 6.45) is -4.51. The van der Waals surface area contributed by atoms with Crippen LogP contribution in [-0.4, -0.2) is 31.6 Å². The molecule has 1 atom stereocenters. The van der Waals surface area contributed by atoms with Gasteiger partial charge in [0.2, 0.25) is 11.0 Å². The average Bonchev–Trinajstić information content (AvgIpc) is 2.65. The molecular weight excluding hydrogens is 263 g/mol. The van der Waals surface area contributed by atoms with Gasteiger partial charge in [-0.1, -0.05) is 6.92 Å². The second-order valence-corrected chi connectivity index (χ2v) is 5.40. The van der Waals surface area contributed by atoms with E-state index in [0.717, 1.165) is 0 Å². The third kappa shape index (κ3) is 4.05. The largest absolute Gasteiger partial charge is 0.452 e. The van der Waals surface area contributed by atoms with Gasteiger partial charge < -0.3 is 5.32 Å². The lowest BCUT2D eigenvalue weighted by Crippen LogP contribution is -2.12. The van der Waals surface area contributed by atoms with Gasteiger partial charge in [-0.2, -0.15) is 22.5 Å². The minimum absolute atomic E-state index is 0.0976. The summed E-state index contributed by atoms with van der Waals surface area (Å²) in [5.74, 6) is -0.222. The predicted molar refractivity (Wildman–Crippen MR) is 57.0 cm³/mol. The number of hydrogen-bond donors (Lipinski definition) is 1. The Balaban J connectivity index is 2.44. The van der Waals surface area contributed by atoms with E-state index >= 15 is 0 Å². The lowest BCUT2D eigenvalue weighted by atomic mass is 10.6. The van der Waals surface area contributed by atoms with Crippen LogP contribution in [0.3, 0.4) is 0 Å². The van der Waals surface area contributed by atoms with Gasteiger partial charge in [0.15, 0.2) is 0 Å². The molecule has 92 valence electrons. The number of hydrogen-bond acceptors (Lipinski definition) is 5. The van der Waals surface area contributed by atoms with Crippen molar-refractivity contribution in [2.45, 2.75) is 13.1 Å². The number of aromatic nitrogens is 2. The maximum absolute atomic E-state index is 12.1. The minimum Gasteiger partial charge on any atom is -0.359 e. The van der Waals surface area contributed by atoms with E-state index in [4.69, 9.17) is 0 Å². The number of nitrogens with one attached hydrogen (secondary N) is 1. The summed E-state index contributed by atoms with van der Waals surface area (Å²) in [6.45, 7) is 2.11. The maximum atomic E-state index is 12.1. The second kappa shape index (κ2) is 5.58. The first kappa shape index (κ1) is 13.4. The van der Waals surface area contributed by atoms with Crippen molar-refractivity contribution >= 4 is 27.5 Å². The van der Waals surface area contributed by atoms with E-state index < -0.39 is 22.8 Å². The van der Waals surface area contributed by atoms with Gasteiger partial charge in [-0.05, 0) is 0 Å². The Morgan fingerprint density at radius 1 is 1.50 bits per heavy atom. The first-order valence-electron chi connectivity index (χ1n) is 4.43. The molecule has 1 N–H and O–H groups in total.